The molecule has 0 unspecified atom stereocenters. The number of carbonyl (C=O) groups is 1. The molecule has 2 aliphatic heterocycles. The second kappa shape index (κ2) is 6.57. The summed E-state index contributed by atoms with van der Waals surface area (Å²) in [5, 5.41) is 0. The number of fused-ring (bicyclic) bond motifs is 1. The molecule has 1 amide bonds. The molecule has 22 heavy (non-hydrogen) atoms. The van der Waals surface area contributed by atoms with Crippen molar-refractivity contribution in [1.29, 1.82) is 0 Å². The summed E-state index contributed by atoms with van der Waals surface area (Å²) in [7, 11) is 0. The maximum Gasteiger partial charge on any atom is 0.252 e. The first-order valence-corrected chi connectivity index (χ1v) is 7.93. The Hall–Kier alpha value is -1.75. The van der Waals surface area contributed by atoms with Gasteiger partial charge in [-0.05, 0) is 24.8 Å². The minimum Gasteiger partial charge on any atom is -0.454 e. The van der Waals surface area contributed by atoms with Crippen molar-refractivity contribution >= 4 is 5.91 Å². The van der Waals surface area contributed by atoms with Crippen molar-refractivity contribution in [3.05, 3.63) is 23.8 Å². The van der Waals surface area contributed by atoms with Gasteiger partial charge in [0.15, 0.2) is 11.5 Å². The third-order valence-corrected chi connectivity index (χ3v) is 3.94. The zero-order chi connectivity index (χ0) is 15.5. The Bertz CT molecular complexity index is 537. The van der Waals surface area contributed by atoms with E-state index >= 15 is 0 Å². The molecular weight excluding hydrogens is 282 g/mol. The molecule has 2 heterocycles. The molecule has 0 aromatic heterocycles. The van der Waals surface area contributed by atoms with E-state index in [1.54, 1.807) is 0 Å². The summed E-state index contributed by atoms with van der Waals surface area (Å²) in [4.78, 5) is 14.6. The molecule has 0 radical (unpaired) electrons. The van der Waals surface area contributed by atoms with Crippen molar-refractivity contribution in [2.24, 2.45) is 5.92 Å². The quantitative estimate of drug-likeness (QED) is 0.839. The van der Waals surface area contributed by atoms with Crippen LogP contribution in [0.1, 0.15) is 32.3 Å². The Balaban J connectivity index is 1.78. The molecule has 0 N–H and O–H groups in total. The number of ether oxygens (including phenoxy) is 3. The minimum absolute atomic E-state index is 0.0859. The van der Waals surface area contributed by atoms with E-state index in [1.165, 1.54) is 0 Å². The van der Waals surface area contributed by atoms with Crippen molar-refractivity contribution in [2.45, 2.75) is 39.3 Å². The monoisotopic (exact) mass is 305 g/mol. The molecule has 1 saturated heterocycles. The average molecular weight is 305 g/mol. The van der Waals surface area contributed by atoms with Gasteiger partial charge in [-0.15, -0.1) is 0 Å². The normalized spacial score (nSPS) is 19.7. The van der Waals surface area contributed by atoms with Gasteiger partial charge < -0.3 is 19.1 Å². The van der Waals surface area contributed by atoms with Crippen LogP contribution in [0.3, 0.4) is 0 Å². The van der Waals surface area contributed by atoms with E-state index in [1.807, 2.05) is 23.1 Å². The van der Waals surface area contributed by atoms with Gasteiger partial charge in [-0.1, -0.05) is 26.0 Å². The number of amides is 1. The zero-order valence-electron chi connectivity index (χ0n) is 13.2. The third-order valence-electron chi connectivity index (χ3n) is 3.94. The first-order chi connectivity index (χ1) is 10.6. The standard InChI is InChI=1S/C17H23NO4/c1-12(2)9-18(17(19)15-7-4-8-20-15)10-13-5-3-6-14-16(13)22-11-21-14/h3,5-6,12,15H,4,7-11H2,1-2H3/t15-/m1/s1. The fourth-order valence-corrected chi connectivity index (χ4v) is 2.97. The second-order valence-electron chi connectivity index (χ2n) is 6.27. The Kier molecular flexibility index (Phi) is 4.52. The highest BCUT2D eigenvalue weighted by atomic mass is 16.7. The van der Waals surface area contributed by atoms with Crippen molar-refractivity contribution < 1.29 is 19.0 Å². The highest BCUT2D eigenvalue weighted by Crippen LogP contribution is 2.36. The van der Waals surface area contributed by atoms with E-state index in [4.69, 9.17) is 14.2 Å². The Morgan fingerprint density at radius 1 is 1.36 bits per heavy atom. The SMILES string of the molecule is CC(C)CN(Cc1cccc2c1OCO2)C(=O)[C@H]1CCCO1. The Morgan fingerprint density at radius 3 is 2.95 bits per heavy atom. The lowest BCUT2D eigenvalue weighted by atomic mass is 10.1. The van der Waals surface area contributed by atoms with E-state index < -0.39 is 0 Å². The van der Waals surface area contributed by atoms with Crippen LogP contribution in [0.25, 0.3) is 0 Å². The lowest BCUT2D eigenvalue weighted by molar-refractivity contribution is -0.142. The number of hydrogen-bond donors (Lipinski definition) is 0. The summed E-state index contributed by atoms with van der Waals surface area (Å²) >= 11 is 0. The molecule has 120 valence electrons. The van der Waals surface area contributed by atoms with Crippen molar-refractivity contribution in [2.75, 3.05) is 19.9 Å². The summed E-state index contributed by atoms with van der Waals surface area (Å²) in [6.45, 7) is 6.40. The van der Waals surface area contributed by atoms with Gasteiger partial charge >= 0.3 is 0 Å². The number of carbonyl (C=O) groups excluding carboxylic acids is 1. The van der Waals surface area contributed by atoms with Gasteiger partial charge in [0.2, 0.25) is 6.79 Å². The van der Waals surface area contributed by atoms with Crippen LogP contribution in [0, 0.1) is 5.92 Å². The maximum atomic E-state index is 12.7. The predicted molar refractivity (Wildman–Crippen MR) is 81.8 cm³/mol. The maximum absolute atomic E-state index is 12.7. The number of para-hydroxylation sites is 1. The number of hydrogen-bond acceptors (Lipinski definition) is 4. The molecule has 5 nitrogen and oxygen atoms in total. The van der Waals surface area contributed by atoms with Gasteiger partial charge in [0.25, 0.3) is 5.91 Å². The fourth-order valence-electron chi connectivity index (χ4n) is 2.97. The van der Waals surface area contributed by atoms with Crippen molar-refractivity contribution in [3.63, 3.8) is 0 Å². The summed E-state index contributed by atoms with van der Waals surface area (Å²) in [5.74, 6) is 2.00. The lowest BCUT2D eigenvalue weighted by Crippen LogP contribution is -2.40. The van der Waals surface area contributed by atoms with Crippen LogP contribution < -0.4 is 9.47 Å². The average Bonchev–Trinajstić information content (AvgIpc) is 3.17. The molecule has 1 atom stereocenters. The van der Waals surface area contributed by atoms with Gasteiger partial charge in [-0.2, -0.15) is 0 Å². The van der Waals surface area contributed by atoms with Crippen LogP contribution in [-0.2, 0) is 16.1 Å². The molecule has 3 rings (SSSR count). The zero-order valence-corrected chi connectivity index (χ0v) is 13.2. The topological polar surface area (TPSA) is 48.0 Å². The Labute approximate surface area is 131 Å². The van der Waals surface area contributed by atoms with E-state index in [-0.39, 0.29) is 18.8 Å². The molecule has 1 aromatic rings. The van der Waals surface area contributed by atoms with Crippen molar-refractivity contribution in [1.82, 2.24) is 4.90 Å². The Morgan fingerprint density at radius 2 is 2.23 bits per heavy atom. The number of rotatable bonds is 5. The van der Waals surface area contributed by atoms with Gasteiger partial charge in [-0.3, -0.25) is 4.79 Å². The number of nitrogens with zero attached hydrogens (tertiary/aromatic N) is 1. The number of benzene rings is 1. The van der Waals surface area contributed by atoms with E-state index in [0.29, 0.717) is 25.6 Å². The third kappa shape index (κ3) is 3.19. The molecule has 1 fully saturated rings. The van der Waals surface area contributed by atoms with Gasteiger partial charge in [-0.25, -0.2) is 0 Å². The highest BCUT2D eigenvalue weighted by Gasteiger charge is 2.30. The molecule has 5 heteroatoms. The van der Waals surface area contributed by atoms with Crippen LogP contribution >= 0.6 is 0 Å². The van der Waals surface area contributed by atoms with Gasteiger partial charge in [0.1, 0.15) is 6.10 Å². The van der Waals surface area contributed by atoms with Gasteiger partial charge in [0, 0.05) is 25.3 Å². The molecule has 0 spiro atoms. The van der Waals surface area contributed by atoms with Crippen LogP contribution in [0.5, 0.6) is 11.5 Å². The van der Waals surface area contributed by atoms with Crippen LogP contribution in [0.2, 0.25) is 0 Å². The first kappa shape index (κ1) is 15.2. The lowest BCUT2D eigenvalue weighted by Gasteiger charge is -2.27. The van der Waals surface area contributed by atoms with Crippen LogP contribution in [0.15, 0.2) is 18.2 Å². The highest BCUT2D eigenvalue weighted by molar-refractivity contribution is 5.81. The van der Waals surface area contributed by atoms with Gasteiger partial charge in [0.05, 0.1) is 0 Å². The summed E-state index contributed by atoms with van der Waals surface area (Å²) in [6.07, 6.45) is 1.50. The summed E-state index contributed by atoms with van der Waals surface area (Å²) < 4.78 is 16.5. The van der Waals surface area contributed by atoms with E-state index in [9.17, 15) is 4.79 Å². The second-order valence-corrected chi connectivity index (χ2v) is 6.27. The van der Waals surface area contributed by atoms with E-state index in [0.717, 1.165) is 29.9 Å². The molecule has 0 aliphatic carbocycles. The predicted octanol–water partition coefficient (Wildman–Crippen LogP) is 2.58. The van der Waals surface area contributed by atoms with Crippen LogP contribution in [0.4, 0.5) is 0 Å². The van der Waals surface area contributed by atoms with Crippen molar-refractivity contribution in [3.8, 4) is 11.5 Å². The largest absolute Gasteiger partial charge is 0.454 e. The van der Waals surface area contributed by atoms with Crippen LogP contribution in [-0.4, -0.2) is 36.9 Å². The first-order valence-electron chi connectivity index (χ1n) is 7.93. The molecule has 1 aromatic carbocycles. The molecule has 0 bridgehead atoms. The molecule has 2 aliphatic rings. The minimum atomic E-state index is -0.285. The fraction of sp³-hybridized carbons (Fsp3) is 0.588. The van der Waals surface area contributed by atoms with E-state index in [2.05, 4.69) is 13.8 Å². The summed E-state index contributed by atoms with van der Waals surface area (Å²) in [6, 6.07) is 5.82. The molecule has 0 saturated carbocycles. The molecular formula is C17H23NO4. The summed E-state index contributed by atoms with van der Waals surface area (Å²) in [5.41, 5.74) is 0.988. The smallest absolute Gasteiger partial charge is 0.252 e.